The van der Waals surface area contributed by atoms with Crippen LogP contribution in [0, 0.1) is 0 Å². The molecule has 1 aliphatic rings. The highest BCUT2D eigenvalue weighted by Gasteiger charge is 2.15. The van der Waals surface area contributed by atoms with Crippen LogP contribution in [-0.4, -0.2) is 12.3 Å². The van der Waals surface area contributed by atoms with Crippen LogP contribution >= 0.6 is 6.70 Å². The zero-order valence-corrected chi connectivity index (χ0v) is 5.39. The lowest BCUT2D eigenvalue weighted by Crippen LogP contribution is -1.58. The molecule has 0 bridgehead atoms. The van der Waals surface area contributed by atoms with Crippen LogP contribution < -0.4 is 0 Å². The molecule has 0 aromatic rings. The van der Waals surface area contributed by atoms with Gasteiger partial charge in [-0.25, -0.2) is 0 Å². The molecule has 2 heteroatoms. The summed E-state index contributed by atoms with van der Waals surface area (Å²) in [7, 11) is 0. The maximum atomic E-state index is 5.07. The topological polar surface area (TPSA) is 0 Å². The largest absolute Gasteiger partial charge is 0.175 e. The Kier molecular flexibility index (Phi) is 1.55. The summed E-state index contributed by atoms with van der Waals surface area (Å²) in [6.45, 7) is 0.118. The zero-order chi connectivity index (χ0) is 4.41. The van der Waals surface area contributed by atoms with Crippen LogP contribution in [0.25, 0.3) is 0 Å². The van der Waals surface area contributed by atoms with Crippen LogP contribution in [0.3, 0.4) is 0 Å². The van der Waals surface area contributed by atoms with Gasteiger partial charge in [0, 0.05) is 0 Å². The van der Waals surface area contributed by atoms with E-state index in [1.54, 1.807) is 0 Å². The summed E-state index contributed by atoms with van der Waals surface area (Å²) in [5, 5.41) is 0. The van der Waals surface area contributed by atoms with Crippen molar-refractivity contribution in [1.82, 2.24) is 0 Å². The maximum absolute atomic E-state index is 5.07. The van der Waals surface area contributed by atoms with E-state index in [1.165, 1.54) is 25.2 Å². The van der Waals surface area contributed by atoms with E-state index in [0.717, 1.165) is 0 Å². The predicted octanol–water partition coefficient (Wildman–Crippen LogP) is 1.72. The van der Waals surface area contributed by atoms with E-state index >= 15 is 0 Å². The molecule has 0 aromatic carbocycles. The number of hydrogen-bond acceptors (Lipinski definition) is 1. The van der Waals surface area contributed by atoms with Crippen molar-refractivity contribution in [3.05, 3.63) is 0 Å². The van der Waals surface area contributed by atoms with Gasteiger partial charge in [0.15, 0.2) is 18.5 Å². The van der Waals surface area contributed by atoms with Crippen molar-refractivity contribution in [3.8, 4) is 0 Å². The fraction of sp³-hybridized carbons (Fsp3) is 1.00. The van der Waals surface area contributed by atoms with E-state index < -0.39 is 0 Å². The van der Waals surface area contributed by atoms with Gasteiger partial charge in [0.25, 0.3) is 0 Å². The highest BCUT2D eigenvalue weighted by Crippen LogP contribution is 2.30. The molecule has 1 saturated heterocycles. The zero-order valence-electron chi connectivity index (χ0n) is 3.68. The lowest BCUT2D eigenvalue weighted by Gasteiger charge is -1.60. The Morgan fingerprint density at radius 1 is 1.17 bits per heavy atom. The highest BCUT2D eigenvalue weighted by molar-refractivity contribution is 8.05. The minimum Gasteiger partial charge on any atom is -0.00737 e. The van der Waals surface area contributed by atoms with Gasteiger partial charge in [0.1, 0.15) is 12.3 Å². The monoisotopic (exact) mass is 119 g/mol. The quantitative estimate of drug-likeness (QED) is 0.437. The summed E-state index contributed by atoms with van der Waals surface area (Å²) in [5.41, 5.74) is 0. The van der Waals surface area contributed by atoms with Crippen molar-refractivity contribution in [1.29, 1.82) is 0 Å². The van der Waals surface area contributed by atoms with E-state index in [2.05, 4.69) is 0 Å². The predicted molar refractivity (Wildman–Crippen MR) is 33.3 cm³/mol. The van der Waals surface area contributed by atoms with Gasteiger partial charge in [0.05, 0.1) is 0 Å². The second-order valence-electron chi connectivity index (χ2n) is 1.64. The third kappa shape index (κ3) is 0.990. The molecule has 34 valence electrons. The van der Waals surface area contributed by atoms with Gasteiger partial charge in [-0.3, -0.25) is 0 Å². The first-order chi connectivity index (χ1) is 2.89. The van der Waals surface area contributed by atoms with Crippen molar-refractivity contribution in [2.75, 3.05) is 12.3 Å². The molecule has 0 unspecified atom stereocenters. The van der Waals surface area contributed by atoms with E-state index in [1.807, 2.05) is 0 Å². The Balaban J connectivity index is 2.37. The Hall–Kier alpha value is 0.520. The number of rotatable bonds is 0. The summed E-state index contributed by atoms with van der Waals surface area (Å²) < 4.78 is 0. The van der Waals surface area contributed by atoms with Gasteiger partial charge in [-0.1, -0.05) is 0 Å². The second kappa shape index (κ2) is 1.99. The van der Waals surface area contributed by atoms with Gasteiger partial charge in [-0.2, -0.15) is 0 Å². The average molecular weight is 119 g/mol. The summed E-state index contributed by atoms with van der Waals surface area (Å²) in [5.74, 6) is 0. The molecule has 0 spiro atoms. The summed E-state index contributed by atoms with van der Waals surface area (Å²) >= 11 is 5.07. The molecule has 0 radical (unpaired) electrons. The van der Waals surface area contributed by atoms with Gasteiger partial charge >= 0.3 is 0 Å². The molecular formula is C4H8PS+. The maximum Gasteiger partial charge on any atom is 0.175 e. The van der Waals surface area contributed by atoms with E-state index in [4.69, 9.17) is 11.8 Å². The first-order valence-electron chi connectivity index (χ1n) is 2.32. The van der Waals surface area contributed by atoms with Crippen molar-refractivity contribution in [2.24, 2.45) is 0 Å². The Morgan fingerprint density at radius 3 is 1.83 bits per heavy atom. The minimum absolute atomic E-state index is 0.118. The second-order valence-corrected chi connectivity index (χ2v) is 5.04. The molecule has 0 saturated carbocycles. The molecule has 1 aliphatic heterocycles. The third-order valence-corrected chi connectivity index (χ3v) is 3.79. The van der Waals surface area contributed by atoms with Crippen LogP contribution in [0.15, 0.2) is 0 Å². The third-order valence-electron chi connectivity index (χ3n) is 1.07. The first-order valence-corrected chi connectivity index (χ1v) is 5.04. The summed E-state index contributed by atoms with van der Waals surface area (Å²) in [6, 6.07) is 0. The molecule has 0 atom stereocenters. The SMILES string of the molecule is S=[P+]1CCCC1. The van der Waals surface area contributed by atoms with Crippen molar-refractivity contribution in [3.63, 3.8) is 0 Å². The smallest absolute Gasteiger partial charge is 0.00737 e. The van der Waals surface area contributed by atoms with E-state index in [0.29, 0.717) is 0 Å². The highest BCUT2D eigenvalue weighted by atomic mass is 32.4. The molecule has 0 N–H and O–H groups in total. The standard InChI is InChI=1S/C4H8PS/c6-5-3-1-2-4-5/h1-4H2/q+1. The lowest BCUT2D eigenvalue weighted by atomic mass is 10.4. The van der Waals surface area contributed by atoms with Gasteiger partial charge < -0.3 is 0 Å². The molecule has 1 fully saturated rings. The van der Waals surface area contributed by atoms with Gasteiger partial charge in [0.2, 0.25) is 0 Å². The van der Waals surface area contributed by atoms with Crippen molar-refractivity contribution >= 4 is 18.5 Å². The van der Waals surface area contributed by atoms with E-state index in [9.17, 15) is 0 Å². The normalized spacial score (nSPS) is 22.3. The van der Waals surface area contributed by atoms with Crippen LogP contribution in [-0.2, 0) is 11.8 Å². The van der Waals surface area contributed by atoms with Crippen LogP contribution in [0.1, 0.15) is 12.8 Å². The van der Waals surface area contributed by atoms with Gasteiger partial charge in [-0.05, 0) is 12.8 Å². The summed E-state index contributed by atoms with van der Waals surface area (Å²) in [6.07, 6.45) is 5.56. The van der Waals surface area contributed by atoms with Crippen molar-refractivity contribution < 1.29 is 0 Å². The van der Waals surface area contributed by atoms with Crippen molar-refractivity contribution in [2.45, 2.75) is 12.8 Å². The fourth-order valence-electron chi connectivity index (χ4n) is 0.688. The Morgan fingerprint density at radius 2 is 1.67 bits per heavy atom. The Bertz CT molecular complexity index is 61.9. The molecule has 0 nitrogen and oxygen atoms in total. The van der Waals surface area contributed by atoms with Crippen LogP contribution in [0.2, 0.25) is 0 Å². The lowest BCUT2D eigenvalue weighted by molar-refractivity contribution is 0.949. The van der Waals surface area contributed by atoms with Crippen LogP contribution in [0.4, 0.5) is 0 Å². The fourth-order valence-corrected chi connectivity index (χ4v) is 2.84. The molecule has 0 aromatic heterocycles. The minimum atomic E-state index is 0.118. The Labute approximate surface area is 44.4 Å². The van der Waals surface area contributed by atoms with Gasteiger partial charge in [-0.15, -0.1) is 0 Å². The molecule has 1 rings (SSSR count). The summed E-state index contributed by atoms with van der Waals surface area (Å²) in [4.78, 5) is 0. The molecule has 1 heterocycles. The average Bonchev–Trinajstić information content (AvgIpc) is 1.86. The van der Waals surface area contributed by atoms with Crippen LogP contribution in [0.5, 0.6) is 0 Å². The number of hydrogen-bond donors (Lipinski definition) is 0. The molecule has 6 heavy (non-hydrogen) atoms. The first kappa shape index (κ1) is 4.67. The van der Waals surface area contributed by atoms with E-state index in [-0.39, 0.29) is 6.70 Å². The molecule has 0 aliphatic carbocycles. The molecular weight excluding hydrogens is 111 g/mol. The molecule has 0 amide bonds.